The van der Waals surface area contributed by atoms with Crippen molar-refractivity contribution in [3.05, 3.63) is 53.7 Å². The molecule has 5 nitrogen and oxygen atoms in total. The lowest BCUT2D eigenvalue weighted by molar-refractivity contribution is -0.116. The number of para-hydroxylation sites is 1. The molecule has 1 aromatic heterocycles. The summed E-state index contributed by atoms with van der Waals surface area (Å²) in [7, 11) is 3.16. The molecule has 25 heavy (non-hydrogen) atoms. The molecule has 0 spiro atoms. The summed E-state index contributed by atoms with van der Waals surface area (Å²) in [6, 6.07) is 13.5. The molecule has 1 heterocycles. The van der Waals surface area contributed by atoms with Crippen LogP contribution in [-0.4, -0.2) is 25.1 Å². The molecular formula is C20H22N2O3. The fraction of sp³-hybridized carbons (Fsp3) is 0.250. The maximum absolute atomic E-state index is 12.4. The zero-order valence-corrected chi connectivity index (χ0v) is 14.7. The molecular weight excluding hydrogens is 316 g/mol. The van der Waals surface area contributed by atoms with E-state index in [1.165, 1.54) is 10.9 Å². The van der Waals surface area contributed by atoms with Crippen molar-refractivity contribution in [3.8, 4) is 11.5 Å². The Labute approximate surface area is 147 Å². The molecule has 5 heteroatoms. The van der Waals surface area contributed by atoms with Crippen LogP contribution < -0.4 is 14.8 Å². The number of benzene rings is 2. The Kier molecular flexibility index (Phi) is 4.93. The minimum Gasteiger partial charge on any atom is -0.497 e. The number of carbonyl (C=O) groups is 1. The van der Waals surface area contributed by atoms with Crippen LogP contribution in [0, 0.1) is 6.92 Å². The summed E-state index contributed by atoms with van der Waals surface area (Å²) in [4.78, 5) is 15.7. The molecule has 0 bridgehead atoms. The summed E-state index contributed by atoms with van der Waals surface area (Å²) >= 11 is 0. The monoisotopic (exact) mass is 338 g/mol. The molecule has 0 radical (unpaired) electrons. The number of rotatable bonds is 6. The second-order valence-corrected chi connectivity index (χ2v) is 5.89. The highest BCUT2D eigenvalue weighted by Gasteiger charge is 2.12. The van der Waals surface area contributed by atoms with Gasteiger partial charge in [-0.05, 0) is 37.1 Å². The molecule has 2 N–H and O–H groups in total. The number of hydrogen-bond donors (Lipinski definition) is 2. The van der Waals surface area contributed by atoms with Gasteiger partial charge in [-0.3, -0.25) is 4.79 Å². The first-order chi connectivity index (χ1) is 12.1. The van der Waals surface area contributed by atoms with Gasteiger partial charge in [-0.25, -0.2) is 0 Å². The zero-order chi connectivity index (χ0) is 17.8. The third-order valence-electron chi connectivity index (χ3n) is 4.31. The molecule has 0 fully saturated rings. The normalized spacial score (nSPS) is 10.7. The molecule has 0 unspecified atom stereocenters. The summed E-state index contributed by atoms with van der Waals surface area (Å²) < 4.78 is 10.5. The smallest absolute Gasteiger partial charge is 0.224 e. The summed E-state index contributed by atoms with van der Waals surface area (Å²) in [6.07, 6.45) is 1.08. The number of ether oxygens (including phenoxy) is 2. The third kappa shape index (κ3) is 3.60. The van der Waals surface area contributed by atoms with E-state index in [9.17, 15) is 4.79 Å². The van der Waals surface area contributed by atoms with E-state index < -0.39 is 0 Å². The summed E-state index contributed by atoms with van der Waals surface area (Å²) in [6.45, 7) is 2.04. The van der Waals surface area contributed by atoms with Gasteiger partial charge in [0.1, 0.15) is 11.5 Å². The van der Waals surface area contributed by atoms with Crippen LogP contribution in [0.1, 0.15) is 17.7 Å². The van der Waals surface area contributed by atoms with E-state index in [4.69, 9.17) is 9.47 Å². The lowest BCUT2D eigenvalue weighted by atomic mass is 10.1. The van der Waals surface area contributed by atoms with Crippen LogP contribution in [0.3, 0.4) is 0 Å². The van der Waals surface area contributed by atoms with Crippen molar-refractivity contribution in [2.45, 2.75) is 19.8 Å². The molecule has 130 valence electrons. The average Bonchev–Trinajstić information content (AvgIpc) is 2.95. The molecule has 0 saturated carbocycles. The van der Waals surface area contributed by atoms with Crippen LogP contribution in [0.5, 0.6) is 11.5 Å². The van der Waals surface area contributed by atoms with Crippen molar-refractivity contribution in [1.82, 2.24) is 4.98 Å². The number of carbonyl (C=O) groups excluding carboxylic acids is 1. The second kappa shape index (κ2) is 7.30. The molecule has 0 atom stereocenters. The summed E-state index contributed by atoms with van der Waals surface area (Å²) in [5.74, 6) is 1.22. The molecule has 3 aromatic rings. The fourth-order valence-corrected chi connectivity index (χ4v) is 3.01. The van der Waals surface area contributed by atoms with Crippen molar-refractivity contribution >= 4 is 22.5 Å². The van der Waals surface area contributed by atoms with Crippen molar-refractivity contribution in [3.63, 3.8) is 0 Å². The highest BCUT2D eigenvalue weighted by atomic mass is 16.5. The number of methoxy groups -OCH3 is 2. The summed E-state index contributed by atoms with van der Waals surface area (Å²) in [5.41, 5.74) is 4.04. The first-order valence-electron chi connectivity index (χ1n) is 8.20. The Bertz CT molecular complexity index is 899. The lowest BCUT2D eigenvalue weighted by Gasteiger charge is -2.11. The average molecular weight is 338 g/mol. The first-order valence-corrected chi connectivity index (χ1v) is 8.20. The number of hydrogen-bond acceptors (Lipinski definition) is 3. The van der Waals surface area contributed by atoms with Crippen molar-refractivity contribution in [1.29, 1.82) is 0 Å². The Hall–Kier alpha value is -2.95. The van der Waals surface area contributed by atoms with Crippen LogP contribution >= 0.6 is 0 Å². The van der Waals surface area contributed by atoms with E-state index in [1.807, 2.05) is 25.1 Å². The number of H-pyrrole nitrogens is 1. The van der Waals surface area contributed by atoms with Crippen LogP contribution in [0.2, 0.25) is 0 Å². The number of aromatic amines is 1. The van der Waals surface area contributed by atoms with Gasteiger partial charge in [0, 0.05) is 29.1 Å². The van der Waals surface area contributed by atoms with E-state index in [1.54, 1.807) is 32.4 Å². The van der Waals surface area contributed by atoms with Gasteiger partial charge in [-0.15, -0.1) is 0 Å². The van der Waals surface area contributed by atoms with Crippen molar-refractivity contribution in [2.75, 3.05) is 19.5 Å². The molecule has 3 rings (SSSR count). The topological polar surface area (TPSA) is 63.3 Å². The highest BCUT2D eigenvalue weighted by Crippen LogP contribution is 2.29. The Balaban J connectivity index is 1.70. The van der Waals surface area contributed by atoms with E-state index in [-0.39, 0.29) is 5.91 Å². The van der Waals surface area contributed by atoms with E-state index in [0.717, 1.165) is 11.2 Å². The molecule has 0 aliphatic carbocycles. The Morgan fingerprint density at radius 2 is 1.92 bits per heavy atom. The second-order valence-electron chi connectivity index (χ2n) is 5.89. The third-order valence-corrected chi connectivity index (χ3v) is 4.31. The van der Waals surface area contributed by atoms with Gasteiger partial charge in [0.2, 0.25) is 5.91 Å². The predicted molar refractivity (Wildman–Crippen MR) is 99.5 cm³/mol. The number of aromatic nitrogens is 1. The van der Waals surface area contributed by atoms with Crippen molar-refractivity contribution < 1.29 is 14.3 Å². The number of fused-ring (bicyclic) bond motifs is 1. The minimum atomic E-state index is -0.0480. The van der Waals surface area contributed by atoms with Gasteiger partial charge in [0.05, 0.1) is 19.9 Å². The van der Waals surface area contributed by atoms with Crippen LogP contribution in [0.15, 0.2) is 42.5 Å². The number of amides is 1. The van der Waals surface area contributed by atoms with E-state index in [2.05, 4.69) is 16.4 Å². The van der Waals surface area contributed by atoms with E-state index in [0.29, 0.717) is 30.0 Å². The predicted octanol–water partition coefficient (Wildman–Crippen LogP) is 4.06. The Morgan fingerprint density at radius 3 is 2.68 bits per heavy atom. The van der Waals surface area contributed by atoms with Crippen LogP contribution in [-0.2, 0) is 11.2 Å². The van der Waals surface area contributed by atoms with Gasteiger partial charge < -0.3 is 19.8 Å². The standard InChI is InChI=1S/C20H22N2O3/c1-13-15(16-6-4-5-7-17(16)21-13)9-11-20(23)22-18-10-8-14(24-2)12-19(18)25-3/h4-8,10,12,21H,9,11H2,1-3H3,(H,22,23). The maximum Gasteiger partial charge on any atom is 0.224 e. The SMILES string of the molecule is COc1ccc(NC(=O)CCc2c(C)[nH]c3ccccc23)c(OC)c1. The maximum atomic E-state index is 12.4. The summed E-state index contributed by atoms with van der Waals surface area (Å²) in [5, 5.41) is 4.09. The molecule has 0 aliphatic rings. The Morgan fingerprint density at radius 1 is 1.12 bits per heavy atom. The number of nitrogens with one attached hydrogen (secondary N) is 2. The van der Waals surface area contributed by atoms with Gasteiger partial charge in [-0.2, -0.15) is 0 Å². The molecule has 1 amide bonds. The lowest BCUT2D eigenvalue weighted by Crippen LogP contribution is -2.13. The molecule has 2 aromatic carbocycles. The van der Waals surface area contributed by atoms with Gasteiger partial charge in [0.25, 0.3) is 0 Å². The van der Waals surface area contributed by atoms with Crippen molar-refractivity contribution in [2.24, 2.45) is 0 Å². The first kappa shape index (κ1) is 16.9. The van der Waals surface area contributed by atoms with E-state index >= 15 is 0 Å². The van der Waals surface area contributed by atoms with Gasteiger partial charge in [-0.1, -0.05) is 18.2 Å². The van der Waals surface area contributed by atoms with Crippen LogP contribution in [0.4, 0.5) is 5.69 Å². The number of anilines is 1. The van der Waals surface area contributed by atoms with Crippen LogP contribution in [0.25, 0.3) is 10.9 Å². The highest BCUT2D eigenvalue weighted by molar-refractivity contribution is 5.93. The number of aryl methyl sites for hydroxylation is 2. The van der Waals surface area contributed by atoms with Gasteiger partial charge >= 0.3 is 0 Å². The quantitative estimate of drug-likeness (QED) is 0.712. The zero-order valence-electron chi connectivity index (χ0n) is 14.7. The molecule has 0 saturated heterocycles. The molecule has 0 aliphatic heterocycles. The van der Waals surface area contributed by atoms with Gasteiger partial charge in [0.15, 0.2) is 0 Å². The fourth-order valence-electron chi connectivity index (χ4n) is 3.01. The largest absolute Gasteiger partial charge is 0.497 e. The minimum absolute atomic E-state index is 0.0480.